The predicted molar refractivity (Wildman–Crippen MR) is 63.7 cm³/mol. The van der Waals surface area contributed by atoms with Gasteiger partial charge in [-0.3, -0.25) is 4.79 Å². The van der Waals surface area contributed by atoms with Gasteiger partial charge in [0.05, 0.1) is 16.7 Å². The van der Waals surface area contributed by atoms with Gasteiger partial charge in [-0.25, -0.2) is 9.97 Å². The van der Waals surface area contributed by atoms with Gasteiger partial charge in [0, 0.05) is 7.11 Å². The van der Waals surface area contributed by atoms with Gasteiger partial charge in [-0.05, 0) is 24.3 Å². The Balaban J connectivity index is 2.24. The number of methoxy groups -OCH3 is 1. The summed E-state index contributed by atoms with van der Waals surface area (Å²) in [7, 11) is 1.51. The largest absolute Gasteiger partial charge is 0.369 e. The lowest BCUT2D eigenvalue weighted by Crippen LogP contribution is -2.25. The zero-order chi connectivity index (χ0) is 11.8. The van der Waals surface area contributed by atoms with Gasteiger partial charge in [0.25, 0.3) is 0 Å². The van der Waals surface area contributed by atoms with Crippen LogP contribution in [0.25, 0.3) is 17.1 Å². The number of ether oxygens (including phenoxy) is 1. The van der Waals surface area contributed by atoms with Crippen LogP contribution in [0.15, 0.2) is 30.3 Å². The average molecular weight is 226 g/mol. The summed E-state index contributed by atoms with van der Waals surface area (Å²) in [6, 6.07) is 7.50. The molecular formula is C13H10N2O2. The van der Waals surface area contributed by atoms with Crippen LogP contribution in [0.2, 0.25) is 0 Å². The van der Waals surface area contributed by atoms with Crippen molar-refractivity contribution in [3.63, 3.8) is 0 Å². The topological polar surface area (TPSA) is 52.1 Å². The first-order valence-electron chi connectivity index (χ1n) is 5.31. The van der Waals surface area contributed by atoms with E-state index in [0.29, 0.717) is 11.4 Å². The van der Waals surface area contributed by atoms with E-state index in [2.05, 4.69) is 9.97 Å². The third-order valence-corrected chi connectivity index (χ3v) is 2.77. The van der Waals surface area contributed by atoms with Crippen LogP contribution in [0, 0.1) is 0 Å². The number of nitrogens with zero attached hydrogens (tertiary/aromatic N) is 2. The maximum atomic E-state index is 12.0. The molecule has 2 aromatic rings. The molecule has 1 heterocycles. The number of para-hydroxylation sites is 2. The Bertz CT molecular complexity index is 634. The minimum Gasteiger partial charge on any atom is -0.369 e. The Morgan fingerprint density at radius 1 is 1.18 bits per heavy atom. The van der Waals surface area contributed by atoms with Gasteiger partial charge in [-0.15, -0.1) is 0 Å². The Morgan fingerprint density at radius 3 is 2.59 bits per heavy atom. The number of rotatable bonds is 1. The van der Waals surface area contributed by atoms with Crippen LogP contribution in [-0.4, -0.2) is 29.0 Å². The van der Waals surface area contributed by atoms with Crippen LogP contribution in [0.4, 0.5) is 0 Å². The molecule has 0 saturated carbocycles. The van der Waals surface area contributed by atoms with Gasteiger partial charge in [-0.1, -0.05) is 12.1 Å². The number of Topliss-reactive ketones (excluding diaryl/α,β-unsaturated/α-hetero) is 1. The van der Waals surface area contributed by atoms with E-state index < -0.39 is 6.10 Å². The molecule has 0 N–H and O–H groups in total. The van der Waals surface area contributed by atoms with E-state index in [1.165, 1.54) is 7.11 Å². The number of hydrogen-bond donors (Lipinski definition) is 0. The lowest BCUT2D eigenvalue weighted by atomic mass is 10.0. The summed E-state index contributed by atoms with van der Waals surface area (Å²) in [6.45, 7) is 0. The monoisotopic (exact) mass is 226 g/mol. The Labute approximate surface area is 98.0 Å². The van der Waals surface area contributed by atoms with Crippen LogP contribution >= 0.6 is 0 Å². The van der Waals surface area contributed by atoms with Crippen molar-refractivity contribution >= 4 is 22.9 Å². The van der Waals surface area contributed by atoms with E-state index >= 15 is 0 Å². The molecule has 0 bridgehead atoms. The highest BCUT2D eigenvalue weighted by molar-refractivity contribution is 6.05. The molecule has 0 spiro atoms. The van der Waals surface area contributed by atoms with Crippen molar-refractivity contribution in [1.29, 1.82) is 0 Å². The van der Waals surface area contributed by atoms with E-state index in [0.717, 1.165) is 11.0 Å². The maximum absolute atomic E-state index is 12.0. The molecule has 4 nitrogen and oxygen atoms in total. The first kappa shape index (κ1) is 10.1. The number of carbonyl (C=O) groups excluding carboxylic acids is 1. The second-order valence-corrected chi connectivity index (χ2v) is 3.83. The van der Waals surface area contributed by atoms with E-state index in [-0.39, 0.29) is 5.78 Å². The average Bonchev–Trinajstić information content (AvgIpc) is 2.37. The van der Waals surface area contributed by atoms with Crippen molar-refractivity contribution in [2.75, 3.05) is 7.11 Å². The van der Waals surface area contributed by atoms with E-state index in [1.807, 2.05) is 24.3 Å². The minimum atomic E-state index is -0.544. The Morgan fingerprint density at radius 2 is 1.88 bits per heavy atom. The summed E-state index contributed by atoms with van der Waals surface area (Å²) in [5.74, 6) is -0.136. The lowest BCUT2D eigenvalue weighted by Gasteiger charge is -2.15. The standard InChI is InChI=1S/C13H10N2O2/c1-17-11-7-6-10-12(13(11)16)15-9-5-3-2-4-8(9)14-10/h2-7,11H,1H3. The molecular weight excluding hydrogens is 216 g/mol. The van der Waals surface area contributed by atoms with Gasteiger partial charge in [0.15, 0.2) is 0 Å². The van der Waals surface area contributed by atoms with Gasteiger partial charge in [-0.2, -0.15) is 0 Å². The zero-order valence-electron chi connectivity index (χ0n) is 9.25. The third-order valence-electron chi connectivity index (χ3n) is 2.77. The highest BCUT2D eigenvalue weighted by Gasteiger charge is 2.25. The molecule has 1 aromatic carbocycles. The summed E-state index contributed by atoms with van der Waals surface area (Å²) in [4.78, 5) is 20.8. The normalized spacial score (nSPS) is 18.4. The number of hydrogen-bond acceptors (Lipinski definition) is 4. The summed E-state index contributed by atoms with van der Waals surface area (Å²) in [5.41, 5.74) is 2.52. The Kier molecular flexibility index (Phi) is 2.23. The fraction of sp³-hybridized carbons (Fsp3) is 0.154. The molecule has 1 aliphatic rings. The van der Waals surface area contributed by atoms with Gasteiger partial charge in [0.1, 0.15) is 11.8 Å². The molecule has 3 rings (SSSR count). The van der Waals surface area contributed by atoms with E-state index in [1.54, 1.807) is 12.2 Å². The van der Waals surface area contributed by atoms with Gasteiger partial charge >= 0.3 is 0 Å². The first-order chi connectivity index (χ1) is 8.29. The minimum absolute atomic E-state index is 0.136. The SMILES string of the molecule is COC1C=Cc2nc3ccccc3nc2C1=O. The summed E-state index contributed by atoms with van der Waals surface area (Å²) in [6.07, 6.45) is 2.94. The maximum Gasteiger partial charge on any atom is 0.215 e. The number of aromatic nitrogens is 2. The molecule has 84 valence electrons. The van der Waals surface area contributed by atoms with Crippen molar-refractivity contribution < 1.29 is 9.53 Å². The summed E-state index contributed by atoms with van der Waals surface area (Å²) < 4.78 is 5.07. The second kappa shape index (κ2) is 3.75. The third kappa shape index (κ3) is 1.54. The van der Waals surface area contributed by atoms with Crippen LogP contribution in [-0.2, 0) is 4.74 Å². The molecule has 1 unspecified atom stereocenters. The van der Waals surface area contributed by atoms with E-state index in [9.17, 15) is 4.79 Å². The van der Waals surface area contributed by atoms with Gasteiger partial charge < -0.3 is 4.74 Å². The molecule has 0 saturated heterocycles. The highest BCUT2D eigenvalue weighted by Crippen LogP contribution is 2.20. The van der Waals surface area contributed by atoms with E-state index in [4.69, 9.17) is 4.74 Å². The molecule has 1 atom stereocenters. The number of carbonyl (C=O) groups is 1. The van der Waals surface area contributed by atoms with Crippen molar-refractivity contribution in [1.82, 2.24) is 9.97 Å². The summed E-state index contributed by atoms with van der Waals surface area (Å²) >= 11 is 0. The van der Waals surface area contributed by atoms with Crippen molar-refractivity contribution in [2.45, 2.75) is 6.10 Å². The first-order valence-corrected chi connectivity index (χ1v) is 5.31. The molecule has 17 heavy (non-hydrogen) atoms. The predicted octanol–water partition coefficient (Wildman–Crippen LogP) is 1.85. The smallest absolute Gasteiger partial charge is 0.215 e. The van der Waals surface area contributed by atoms with Crippen molar-refractivity contribution in [2.24, 2.45) is 0 Å². The Hall–Kier alpha value is -2.07. The highest BCUT2D eigenvalue weighted by atomic mass is 16.5. The zero-order valence-corrected chi connectivity index (χ0v) is 9.25. The van der Waals surface area contributed by atoms with Crippen molar-refractivity contribution in [3.05, 3.63) is 41.7 Å². The molecule has 4 heteroatoms. The lowest BCUT2D eigenvalue weighted by molar-refractivity contribution is 0.0711. The van der Waals surface area contributed by atoms with Crippen molar-refractivity contribution in [3.8, 4) is 0 Å². The molecule has 0 aliphatic heterocycles. The van der Waals surface area contributed by atoms with Crippen LogP contribution in [0.3, 0.4) is 0 Å². The molecule has 0 radical (unpaired) electrons. The number of ketones is 1. The molecule has 1 aliphatic carbocycles. The fourth-order valence-corrected chi connectivity index (χ4v) is 1.90. The van der Waals surface area contributed by atoms with Crippen LogP contribution < -0.4 is 0 Å². The fourth-order valence-electron chi connectivity index (χ4n) is 1.90. The summed E-state index contributed by atoms with van der Waals surface area (Å²) in [5, 5.41) is 0. The van der Waals surface area contributed by atoms with Crippen LogP contribution in [0.5, 0.6) is 0 Å². The quantitative estimate of drug-likeness (QED) is 0.744. The molecule has 0 fully saturated rings. The molecule has 1 aromatic heterocycles. The van der Waals surface area contributed by atoms with Gasteiger partial charge in [0.2, 0.25) is 5.78 Å². The number of benzene rings is 1. The number of fused-ring (bicyclic) bond motifs is 2. The molecule has 0 amide bonds. The van der Waals surface area contributed by atoms with Crippen LogP contribution in [0.1, 0.15) is 16.2 Å². The second-order valence-electron chi connectivity index (χ2n) is 3.83.